The molecule has 1 atom stereocenters. The number of nitrogens with two attached hydrogens (primary N) is 1. The van der Waals surface area contributed by atoms with Crippen molar-refractivity contribution >= 4 is 17.4 Å². The number of anilines is 2. The number of amides is 1. The van der Waals surface area contributed by atoms with Gasteiger partial charge < -0.3 is 20.1 Å². The van der Waals surface area contributed by atoms with Gasteiger partial charge in [0.05, 0.1) is 6.10 Å². The molecule has 180 valence electrons. The second kappa shape index (κ2) is 10.7. The standard InChI is InChI=1S/C24H34N4O5/c1-15(2)12-27(20-21(25)28(13-16(3)4)24(31)26-22(20)29)23(30)17-7-9-18(10-8-17)33-14-19-6-5-11-32-19/h7-10,15-16,19H,5-6,11-14,25H2,1-4H3,(H,26,29,31)/t19-/m0/s1. The number of H-pyrrole nitrogens is 1. The zero-order chi connectivity index (χ0) is 24.1. The van der Waals surface area contributed by atoms with E-state index < -0.39 is 11.2 Å². The number of hydrogen-bond acceptors (Lipinski definition) is 6. The van der Waals surface area contributed by atoms with Gasteiger partial charge in [-0.15, -0.1) is 0 Å². The quantitative estimate of drug-likeness (QED) is 0.596. The van der Waals surface area contributed by atoms with Gasteiger partial charge in [0.1, 0.15) is 18.2 Å². The van der Waals surface area contributed by atoms with Crippen LogP contribution in [0.25, 0.3) is 0 Å². The van der Waals surface area contributed by atoms with Crippen molar-refractivity contribution in [3.8, 4) is 5.75 Å². The highest BCUT2D eigenvalue weighted by molar-refractivity contribution is 6.07. The van der Waals surface area contributed by atoms with Gasteiger partial charge in [-0.2, -0.15) is 0 Å². The molecular weight excluding hydrogens is 424 g/mol. The van der Waals surface area contributed by atoms with Crippen molar-refractivity contribution in [3.05, 3.63) is 50.7 Å². The molecule has 0 bridgehead atoms. The first kappa shape index (κ1) is 24.6. The minimum Gasteiger partial charge on any atom is -0.491 e. The van der Waals surface area contributed by atoms with Crippen molar-refractivity contribution in [3.63, 3.8) is 0 Å². The molecule has 0 radical (unpaired) electrons. The van der Waals surface area contributed by atoms with Crippen LogP contribution < -0.4 is 26.6 Å². The summed E-state index contributed by atoms with van der Waals surface area (Å²) in [7, 11) is 0. The summed E-state index contributed by atoms with van der Waals surface area (Å²) in [4.78, 5) is 42.2. The van der Waals surface area contributed by atoms with Crippen LogP contribution in [0.15, 0.2) is 33.9 Å². The van der Waals surface area contributed by atoms with E-state index in [0.717, 1.165) is 19.4 Å². The Kier molecular flexibility index (Phi) is 7.97. The summed E-state index contributed by atoms with van der Waals surface area (Å²) in [5.41, 5.74) is 5.39. The molecule has 1 aromatic heterocycles. The number of nitrogens with one attached hydrogen (secondary N) is 1. The molecule has 33 heavy (non-hydrogen) atoms. The van der Waals surface area contributed by atoms with E-state index in [-0.39, 0.29) is 41.9 Å². The van der Waals surface area contributed by atoms with E-state index in [1.807, 2.05) is 27.7 Å². The molecular formula is C24H34N4O5. The smallest absolute Gasteiger partial charge is 0.330 e. The second-order valence-corrected chi connectivity index (χ2v) is 9.28. The predicted octanol–water partition coefficient (Wildman–Crippen LogP) is 2.64. The van der Waals surface area contributed by atoms with E-state index in [4.69, 9.17) is 15.2 Å². The fourth-order valence-electron chi connectivity index (χ4n) is 3.84. The number of carbonyl (C=O) groups is 1. The number of benzene rings is 1. The van der Waals surface area contributed by atoms with Crippen LogP contribution in [0.4, 0.5) is 11.5 Å². The molecule has 0 saturated carbocycles. The van der Waals surface area contributed by atoms with Crippen LogP contribution in [0.1, 0.15) is 50.9 Å². The molecule has 9 heteroatoms. The normalized spacial score (nSPS) is 15.9. The number of carbonyl (C=O) groups excluding carboxylic acids is 1. The first-order valence-corrected chi connectivity index (χ1v) is 11.5. The Bertz CT molecular complexity index is 1070. The first-order valence-electron chi connectivity index (χ1n) is 11.5. The van der Waals surface area contributed by atoms with E-state index in [1.165, 1.54) is 9.47 Å². The highest BCUT2D eigenvalue weighted by Crippen LogP contribution is 2.23. The van der Waals surface area contributed by atoms with Gasteiger partial charge >= 0.3 is 5.69 Å². The van der Waals surface area contributed by atoms with Crippen LogP contribution in [-0.2, 0) is 11.3 Å². The zero-order valence-corrected chi connectivity index (χ0v) is 19.8. The van der Waals surface area contributed by atoms with E-state index in [9.17, 15) is 14.4 Å². The lowest BCUT2D eigenvalue weighted by Crippen LogP contribution is -2.43. The van der Waals surface area contributed by atoms with Crippen molar-refractivity contribution in [1.82, 2.24) is 9.55 Å². The molecule has 0 unspecified atom stereocenters. The summed E-state index contributed by atoms with van der Waals surface area (Å²) in [6, 6.07) is 6.77. The van der Waals surface area contributed by atoms with Gasteiger partial charge in [-0.25, -0.2) is 4.79 Å². The lowest BCUT2D eigenvalue weighted by Gasteiger charge is -2.26. The van der Waals surface area contributed by atoms with Gasteiger partial charge in [0.2, 0.25) is 0 Å². The van der Waals surface area contributed by atoms with Gasteiger partial charge in [-0.3, -0.25) is 19.1 Å². The third-order valence-corrected chi connectivity index (χ3v) is 5.39. The van der Waals surface area contributed by atoms with E-state index in [0.29, 0.717) is 24.5 Å². The lowest BCUT2D eigenvalue weighted by molar-refractivity contribution is 0.0679. The summed E-state index contributed by atoms with van der Waals surface area (Å²) < 4.78 is 12.6. The van der Waals surface area contributed by atoms with Crippen LogP contribution in [0, 0.1) is 11.8 Å². The highest BCUT2D eigenvalue weighted by Gasteiger charge is 2.26. The third-order valence-electron chi connectivity index (χ3n) is 5.39. The number of nitrogen functional groups attached to an aromatic ring is 1. The number of hydrogen-bond donors (Lipinski definition) is 2. The zero-order valence-electron chi connectivity index (χ0n) is 19.8. The van der Waals surface area contributed by atoms with E-state index in [1.54, 1.807) is 24.3 Å². The monoisotopic (exact) mass is 458 g/mol. The molecule has 9 nitrogen and oxygen atoms in total. The maximum atomic E-state index is 13.5. The minimum absolute atomic E-state index is 0.00680. The maximum absolute atomic E-state index is 13.5. The minimum atomic E-state index is -0.678. The summed E-state index contributed by atoms with van der Waals surface area (Å²) in [6.45, 7) is 9.59. The van der Waals surface area contributed by atoms with Crippen molar-refractivity contribution < 1.29 is 14.3 Å². The third kappa shape index (κ3) is 6.04. The van der Waals surface area contributed by atoms with E-state index in [2.05, 4.69) is 4.98 Å². The molecule has 3 N–H and O–H groups in total. The van der Waals surface area contributed by atoms with Crippen molar-refractivity contribution in [2.75, 3.05) is 30.4 Å². The average molecular weight is 459 g/mol. The lowest BCUT2D eigenvalue weighted by atomic mass is 10.1. The van der Waals surface area contributed by atoms with Crippen molar-refractivity contribution in [2.24, 2.45) is 11.8 Å². The number of aromatic nitrogens is 2. The SMILES string of the molecule is CC(C)CN(C(=O)c1ccc(OC[C@@H]2CCCO2)cc1)c1c(N)n(CC(C)C)c(=O)[nH]c1=O. The van der Waals surface area contributed by atoms with Gasteiger partial charge in [0.15, 0.2) is 5.69 Å². The molecule has 1 fully saturated rings. The predicted molar refractivity (Wildman–Crippen MR) is 128 cm³/mol. The molecule has 2 heterocycles. The summed E-state index contributed by atoms with van der Waals surface area (Å²) in [5, 5.41) is 0. The molecule has 2 aromatic rings. The maximum Gasteiger partial charge on any atom is 0.330 e. The summed E-state index contributed by atoms with van der Waals surface area (Å²) in [5.74, 6) is 0.442. The van der Waals surface area contributed by atoms with Crippen LogP contribution in [0.2, 0.25) is 0 Å². The summed E-state index contributed by atoms with van der Waals surface area (Å²) >= 11 is 0. The topological polar surface area (TPSA) is 120 Å². The van der Waals surface area contributed by atoms with Crippen LogP contribution >= 0.6 is 0 Å². The van der Waals surface area contributed by atoms with Crippen molar-refractivity contribution in [1.29, 1.82) is 0 Å². The highest BCUT2D eigenvalue weighted by atomic mass is 16.5. The molecule has 0 aliphatic carbocycles. The molecule has 1 amide bonds. The Hall–Kier alpha value is -3.07. The Morgan fingerprint density at radius 1 is 1.21 bits per heavy atom. The Balaban J connectivity index is 1.89. The molecule has 3 rings (SSSR count). The molecule has 1 aliphatic rings. The van der Waals surface area contributed by atoms with Gasteiger partial charge in [0.25, 0.3) is 11.5 Å². The molecule has 1 aliphatic heterocycles. The number of rotatable bonds is 9. The molecule has 1 saturated heterocycles. The van der Waals surface area contributed by atoms with Crippen LogP contribution in [0.5, 0.6) is 5.75 Å². The fraction of sp³-hybridized carbons (Fsp3) is 0.542. The van der Waals surface area contributed by atoms with Crippen molar-refractivity contribution in [2.45, 2.75) is 53.2 Å². The Labute approximate surface area is 193 Å². The fourth-order valence-corrected chi connectivity index (χ4v) is 3.84. The van der Waals surface area contributed by atoms with Crippen LogP contribution in [0.3, 0.4) is 0 Å². The van der Waals surface area contributed by atoms with E-state index >= 15 is 0 Å². The van der Waals surface area contributed by atoms with Crippen LogP contribution in [-0.4, -0.2) is 41.3 Å². The number of ether oxygens (including phenoxy) is 2. The Morgan fingerprint density at radius 2 is 1.91 bits per heavy atom. The van der Waals surface area contributed by atoms with Gasteiger partial charge in [-0.1, -0.05) is 27.7 Å². The summed E-state index contributed by atoms with van der Waals surface area (Å²) in [6.07, 6.45) is 2.12. The first-order chi connectivity index (χ1) is 15.7. The number of nitrogens with zero attached hydrogens (tertiary/aromatic N) is 2. The second-order valence-electron chi connectivity index (χ2n) is 9.28. The largest absolute Gasteiger partial charge is 0.491 e. The van der Waals surface area contributed by atoms with Gasteiger partial charge in [-0.05, 0) is 48.9 Å². The number of aromatic amines is 1. The molecule has 1 aromatic carbocycles. The Morgan fingerprint density at radius 3 is 2.48 bits per heavy atom. The van der Waals surface area contributed by atoms with Gasteiger partial charge in [0, 0.05) is 25.3 Å². The average Bonchev–Trinajstić information content (AvgIpc) is 3.27. The molecule has 0 spiro atoms.